The average Bonchev–Trinajstić information content (AvgIpc) is 2.71. The Morgan fingerprint density at radius 1 is 0.931 bits per heavy atom. The molecule has 0 aromatic heterocycles. The molecule has 3 rings (SSSR count). The van der Waals surface area contributed by atoms with Crippen LogP contribution in [0.25, 0.3) is 0 Å². The summed E-state index contributed by atoms with van der Waals surface area (Å²) in [6, 6.07) is 14.9. The van der Waals surface area contributed by atoms with Gasteiger partial charge >= 0.3 is 0 Å². The van der Waals surface area contributed by atoms with Crippen molar-refractivity contribution in [2.24, 2.45) is 0 Å². The predicted octanol–water partition coefficient (Wildman–Crippen LogP) is 1.74. The summed E-state index contributed by atoms with van der Waals surface area (Å²) in [4.78, 5) is 16.0. The quantitative estimate of drug-likeness (QED) is 0.685. The highest BCUT2D eigenvalue weighted by molar-refractivity contribution is 5.95. The molecule has 4 nitrogen and oxygen atoms in total. The number of piperazine rings is 1. The van der Waals surface area contributed by atoms with Crippen LogP contribution in [0.5, 0.6) is 0 Å². The molecule has 0 aliphatic carbocycles. The number of para-hydroxylation sites is 1. The summed E-state index contributed by atoms with van der Waals surface area (Å²) in [7, 11) is 0. The van der Waals surface area contributed by atoms with Gasteiger partial charge < -0.3 is 15.1 Å². The van der Waals surface area contributed by atoms with Crippen LogP contribution in [0.1, 0.15) is 48.9 Å². The molecule has 1 heterocycles. The maximum atomic E-state index is 13.0. The normalized spacial score (nSPS) is 20.5. The van der Waals surface area contributed by atoms with Crippen LogP contribution in [-0.2, 0) is 11.3 Å². The van der Waals surface area contributed by atoms with E-state index in [0.717, 1.165) is 44.0 Å². The van der Waals surface area contributed by atoms with E-state index in [-0.39, 0.29) is 11.9 Å². The van der Waals surface area contributed by atoms with E-state index < -0.39 is 0 Å². The van der Waals surface area contributed by atoms with E-state index >= 15 is 0 Å². The van der Waals surface area contributed by atoms with Crippen molar-refractivity contribution in [3.63, 3.8) is 0 Å². The van der Waals surface area contributed by atoms with Crippen molar-refractivity contribution in [2.75, 3.05) is 31.5 Å². The first-order chi connectivity index (χ1) is 13.9. The Bertz CT molecular complexity index is 838. The SMILES string of the molecule is Cc1ccccc1C[NH+]1CC[NH+]([C@H](C)C(=O)Nc2c(C)cccc2C(C)C)CC1. The molecule has 156 valence electrons. The van der Waals surface area contributed by atoms with Crippen molar-refractivity contribution in [2.45, 2.75) is 53.1 Å². The van der Waals surface area contributed by atoms with Crippen LogP contribution in [0.3, 0.4) is 0 Å². The monoisotopic (exact) mass is 395 g/mol. The molecule has 0 spiro atoms. The van der Waals surface area contributed by atoms with E-state index in [1.807, 2.05) is 0 Å². The van der Waals surface area contributed by atoms with Gasteiger partial charge in [0, 0.05) is 11.3 Å². The summed E-state index contributed by atoms with van der Waals surface area (Å²) in [6.07, 6.45) is 0. The van der Waals surface area contributed by atoms with Gasteiger partial charge in [-0.25, -0.2) is 0 Å². The maximum absolute atomic E-state index is 13.0. The fourth-order valence-electron chi connectivity index (χ4n) is 4.37. The van der Waals surface area contributed by atoms with Crippen molar-refractivity contribution in [1.29, 1.82) is 0 Å². The molecule has 0 saturated carbocycles. The third-order valence-electron chi connectivity index (χ3n) is 6.48. The Kier molecular flexibility index (Phi) is 7.09. The van der Waals surface area contributed by atoms with Crippen LogP contribution >= 0.6 is 0 Å². The molecule has 29 heavy (non-hydrogen) atoms. The van der Waals surface area contributed by atoms with Gasteiger partial charge in [-0.15, -0.1) is 0 Å². The minimum absolute atomic E-state index is 0.0328. The Balaban J connectivity index is 1.58. The van der Waals surface area contributed by atoms with Gasteiger partial charge in [0.2, 0.25) is 0 Å². The Morgan fingerprint density at radius 3 is 2.24 bits per heavy atom. The second-order valence-electron chi connectivity index (χ2n) is 8.92. The zero-order chi connectivity index (χ0) is 21.0. The summed E-state index contributed by atoms with van der Waals surface area (Å²) in [5.74, 6) is 0.528. The molecule has 1 fully saturated rings. The lowest BCUT2D eigenvalue weighted by Gasteiger charge is -2.33. The zero-order valence-corrected chi connectivity index (χ0v) is 18.6. The number of aryl methyl sites for hydroxylation is 2. The minimum Gasteiger partial charge on any atom is -0.322 e. The standard InChI is InChI=1S/C25H35N3O/c1-18(2)23-12-8-10-20(4)24(23)26-25(29)21(5)28-15-13-27(14-16-28)17-22-11-7-6-9-19(22)3/h6-12,18,21H,13-17H2,1-5H3,(H,26,29)/p+2/t21-/m1/s1. The fourth-order valence-corrected chi connectivity index (χ4v) is 4.37. The van der Waals surface area contributed by atoms with Crippen LogP contribution in [0, 0.1) is 13.8 Å². The minimum atomic E-state index is -0.0328. The molecule has 0 bridgehead atoms. The van der Waals surface area contributed by atoms with Crippen LogP contribution in [0.15, 0.2) is 42.5 Å². The summed E-state index contributed by atoms with van der Waals surface area (Å²) in [6.45, 7) is 16.1. The van der Waals surface area contributed by atoms with Gasteiger partial charge in [-0.05, 0) is 43.4 Å². The number of nitrogens with one attached hydrogen (secondary N) is 3. The van der Waals surface area contributed by atoms with Gasteiger partial charge in [0.1, 0.15) is 32.7 Å². The molecule has 1 saturated heterocycles. The molecule has 1 atom stereocenters. The second-order valence-corrected chi connectivity index (χ2v) is 8.92. The number of carbonyl (C=O) groups is 1. The molecule has 3 N–H and O–H groups in total. The van der Waals surface area contributed by atoms with Crippen LogP contribution < -0.4 is 15.1 Å². The molecule has 1 aliphatic rings. The third kappa shape index (κ3) is 5.26. The molecule has 2 aromatic carbocycles. The first-order valence-corrected chi connectivity index (χ1v) is 11.0. The summed E-state index contributed by atoms with van der Waals surface area (Å²) < 4.78 is 0. The molecular formula is C25H37N3O+2. The van der Waals surface area contributed by atoms with Gasteiger partial charge in [0.05, 0.1) is 0 Å². The molecule has 0 unspecified atom stereocenters. The topological polar surface area (TPSA) is 38.0 Å². The molecule has 0 radical (unpaired) electrons. The van der Waals surface area contributed by atoms with Crippen LogP contribution in [0.4, 0.5) is 5.69 Å². The number of rotatable bonds is 6. The van der Waals surface area contributed by atoms with Crippen molar-refractivity contribution in [3.8, 4) is 0 Å². The van der Waals surface area contributed by atoms with E-state index in [4.69, 9.17) is 0 Å². The number of hydrogen-bond acceptors (Lipinski definition) is 1. The Morgan fingerprint density at radius 2 is 1.59 bits per heavy atom. The van der Waals surface area contributed by atoms with Gasteiger partial charge in [0.15, 0.2) is 6.04 Å². The zero-order valence-electron chi connectivity index (χ0n) is 18.6. The lowest BCUT2D eigenvalue weighted by atomic mass is 9.98. The molecule has 2 aromatic rings. The predicted molar refractivity (Wildman–Crippen MR) is 120 cm³/mol. The van der Waals surface area contributed by atoms with E-state index in [1.165, 1.54) is 21.6 Å². The Hall–Kier alpha value is -2.17. The van der Waals surface area contributed by atoms with Gasteiger partial charge in [-0.2, -0.15) is 0 Å². The highest BCUT2D eigenvalue weighted by Gasteiger charge is 2.31. The highest BCUT2D eigenvalue weighted by atomic mass is 16.2. The number of quaternary nitrogens is 2. The lowest BCUT2D eigenvalue weighted by Crippen LogP contribution is -3.29. The third-order valence-corrected chi connectivity index (χ3v) is 6.48. The number of benzene rings is 2. The first kappa shape index (κ1) is 21.5. The average molecular weight is 396 g/mol. The smallest absolute Gasteiger partial charge is 0.282 e. The van der Waals surface area contributed by atoms with E-state index in [2.05, 4.69) is 82.4 Å². The van der Waals surface area contributed by atoms with Crippen molar-refractivity contribution >= 4 is 11.6 Å². The van der Waals surface area contributed by atoms with Crippen molar-refractivity contribution in [1.82, 2.24) is 0 Å². The van der Waals surface area contributed by atoms with Gasteiger partial charge in [-0.1, -0.05) is 56.3 Å². The number of carbonyl (C=O) groups excluding carboxylic acids is 1. The first-order valence-electron chi connectivity index (χ1n) is 11.0. The van der Waals surface area contributed by atoms with Gasteiger partial charge in [-0.3, -0.25) is 4.79 Å². The highest BCUT2D eigenvalue weighted by Crippen LogP contribution is 2.27. The van der Waals surface area contributed by atoms with Crippen LogP contribution in [0.2, 0.25) is 0 Å². The Labute approximate surface area is 175 Å². The second kappa shape index (κ2) is 9.55. The van der Waals surface area contributed by atoms with Crippen molar-refractivity contribution in [3.05, 3.63) is 64.7 Å². The molecule has 1 aliphatic heterocycles. The number of hydrogen-bond donors (Lipinski definition) is 3. The van der Waals surface area contributed by atoms with Crippen molar-refractivity contribution < 1.29 is 14.6 Å². The number of amides is 1. The molecular weight excluding hydrogens is 358 g/mol. The summed E-state index contributed by atoms with van der Waals surface area (Å²) >= 11 is 0. The maximum Gasteiger partial charge on any atom is 0.282 e. The van der Waals surface area contributed by atoms with E-state index in [1.54, 1.807) is 4.90 Å². The lowest BCUT2D eigenvalue weighted by molar-refractivity contribution is -1.02. The van der Waals surface area contributed by atoms with Gasteiger partial charge in [0.25, 0.3) is 5.91 Å². The fraction of sp³-hybridized carbons (Fsp3) is 0.480. The number of anilines is 1. The van der Waals surface area contributed by atoms with Crippen LogP contribution in [-0.4, -0.2) is 38.1 Å². The molecule has 1 amide bonds. The largest absolute Gasteiger partial charge is 0.322 e. The van der Waals surface area contributed by atoms with E-state index in [0.29, 0.717) is 5.92 Å². The summed E-state index contributed by atoms with van der Waals surface area (Å²) in [5, 5.41) is 3.25. The molecule has 4 heteroatoms. The summed E-state index contributed by atoms with van der Waals surface area (Å²) in [5.41, 5.74) is 6.18. The van der Waals surface area contributed by atoms with E-state index in [9.17, 15) is 4.79 Å².